The highest BCUT2D eigenvalue weighted by Crippen LogP contribution is 2.49. The molecular formula is C13H13ClN2O. The Kier molecular flexibility index (Phi) is 2.57. The van der Waals surface area contributed by atoms with Gasteiger partial charge in [-0.05, 0) is 37.3 Å². The number of pyridine rings is 1. The molecule has 2 bridgehead atoms. The summed E-state index contributed by atoms with van der Waals surface area (Å²) in [5, 5.41) is 10.1. The molecule has 0 N–H and O–H groups in total. The second kappa shape index (κ2) is 3.97. The number of fused-ring (bicyclic) bond motifs is 2. The first-order chi connectivity index (χ1) is 8.23. The maximum atomic E-state index is 9.50. The SMILES string of the molecule is N#CC1(Cc2ccncc2Cl)CC2CCC1O2. The lowest BCUT2D eigenvalue weighted by atomic mass is 9.71. The van der Waals surface area contributed by atoms with Crippen LogP contribution in [0.25, 0.3) is 0 Å². The van der Waals surface area contributed by atoms with Crippen LogP contribution in [-0.4, -0.2) is 17.2 Å². The number of nitrogens with zero attached hydrogens (tertiary/aromatic N) is 2. The van der Waals surface area contributed by atoms with Crippen molar-refractivity contribution in [3.8, 4) is 6.07 Å². The summed E-state index contributed by atoms with van der Waals surface area (Å²) in [6.07, 6.45) is 7.33. The number of ether oxygens (including phenoxy) is 1. The van der Waals surface area contributed by atoms with Crippen molar-refractivity contribution < 1.29 is 4.74 Å². The summed E-state index contributed by atoms with van der Waals surface area (Å²) in [6.45, 7) is 0. The van der Waals surface area contributed by atoms with Crippen molar-refractivity contribution in [2.24, 2.45) is 5.41 Å². The molecule has 3 nitrogen and oxygen atoms in total. The molecule has 0 saturated carbocycles. The van der Waals surface area contributed by atoms with Crippen LogP contribution in [0.5, 0.6) is 0 Å². The number of aromatic nitrogens is 1. The van der Waals surface area contributed by atoms with Gasteiger partial charge in [0.05, 0.1) is 28.7 Å². The third-order valence-corrected chi connectivity index (χ3v) is 4.24. The lowest BCUT2D eigenvalue weighted by Crippen LogP contribution is -2.33. The minimum absolute atomic E-state index is 0.0849. The van der Waals surface area contributed by atoms with Gasteiger partial charge in [0.15, 0.2) is 0 Å². The van der Waals surface area contributed by atoms with E-state index in [1.807, 2.05) is 6.07 Å². The van der Waals surface area contributed by atoms with Crippen molar-refractivity contribution >= 4 is 11.6 Å². The molecule has 0 aromatic carbocycles. The minimum Gasteiger partial charge on any atom is -0.373 e. The van der Waals surface area contributed by atoms with Crippen LogP contribution in [0.1, 0.15) is 24.8 Å². The van der Waals surface area contributed by atoms with E-state index in [0.717, 1.165) is 24.8 Å². The molecule has 2 saturated heterocycles. The second-order valence-corrected chi connectivity index (χ2v) is 5.35. The van der Waals surface area contributed by atoms with Crippen molar-refractivity contribution in [3.05, 3.63) is 29.0 Å². The maximum absolute atomic E-state index is 9.50. The van der Waals surface area contributed by atoms with E-state index >= 15 is 0 Å². The van der Waals surface area contributed by atoms with Gasteiger partial charge in [-0.2, -0.15) is 5.26 Å². The average molecular weight is 249 g/mol. The van der Waals surface area contributed by atoms with E-state index in [-0.39, 0.29) is 17.6 Å². The zero-order valence-electron chi connectivity index (χ0n) is 9.40. The van der Waals surface area contributed by atoms with Crippen molar-refractivity contribution in [3.63, 3.8) is 0 Å². The lowest BCUT2D eigenvalue weighted by Gasteiger charge is -2.28. The number of nitriles is 1. The number of rotatable bonds is 2. The topological polar surface area (TPSA) is 45.9 Å². The molecule has 2 aliphatic rings. The van der Waals surface area contributed by atoms with Crippen LogP contribution in [0.4, 0.5) is 0 Å². The molecule has 1 aromatic heterocycles. The summed E-state index contributed by atoms with van der Waals surface area (Å²) in [5.41, 5.74) is 0.618. The molecule has 4 heteroatoms. The van der Waals surface area contributed by atoms with Gasteiger partial charge >= 0.3 is 0 Å². The van der Waals surface area contributed by atoms with Gasteiger partial charge in [-0.1, -0.05) is 11.6 Å². The van der Waals surface area contributed by atoms with E-state index < -0.39 is 0 Å². The molecule has 0 spiro atoms. The summed E-state index contributed by atoms with van der Waals surface area (Å²) >= 11 is 6.11. The van der Waals surface area contributed by atoms with Crippen LogP contribution >= 0.6 is 11.6 Å². The van der Waals surface area contributed by atoms with Crippen LogP contribution in [0, 0.1) is 16.7 Å². The highest BCUT2D eigenvalue weighted by Gasteiger charge is 2.52. The molecular weight excluding hydrogens is 236 g/mol. The Morgan fingerprint density at radius 2 is 2.47 bits per heavy atom. The first kappa shape index (κ1) is 11.0. The van der Waals surface area contributed by atoms with E-state index in [1.54, 1.807) is 12.4 Å². The standard InChI is InChI=1S/C13H13ClN2O/c14-11-7-16-4-3-9(11)5-13(8-15)6-10-1-2-12(13)17-10/h3-4,7,10,12H,1-2,5-6H2. The van der Waals surface area contributed by atoms with Crippen molar-refractivity contribution in [1.29, 1.82) is 5.26 Å². The predicted octanol–water partition coefficient (Wildman–Crippen LogP) is 2.74. The van der Waals surface area contributed by atoms with E-state index in [2.05, 4.69) is 11.1 Å². The lowest BCUT2D eigenvalue weighted by molar-refractivity contribution is 0.0787. The zero-order chi connectivity index (χ0) is 11.9. The van der Waals surface area contributed by atoms with Gasteiger partial charge in [0, 0.05) is 12.4 Å². The Hall–Kier alpha value is -1.11. The third kappa shape index (κ3) is 1.72. The van der Waals surface area contributed by atoms with Crippen LogP contribution in [0.3, 0.4) is 0 Å². The molecule has 0 aliphatic carbocycles. The van der Waals surface area contributed by atoms with Gasteiger partial charge in [-0.3, -0.25) is 4.98 Å². The van der Waals surface area contributed by atoms with Crippen LogP contribution in [0.2, 0.25) is 5.02 Å². The highest BCUT2D eigenvalue weighted by atomic mass is 35.5. The third-order valence-electron chi connectivity index (χ3n) is 3.90. The molecule has 2 aliphatic heterocycles. The van der Waals surface area contributed by atoms with Crippen LogP contribution < -0.4 is 0 Å². The van der Waals surface area contributed by atoms with Gasteiger partial charge in [-0.15, -0.1) is 0 Å². The molecule has 2 fully saturated rings. The molecule has 3 rings (SSSR count). The largest absolute Gasteiger partial charge is 0.373 e. The number of halogens is 1. The van der Waals surface area contributed by atoms with E-state index in [1.165, 1.54) is 0 Å². The van der Waals surface area contributed by atoms with Crippen molar-refractivity contribution in [2.75, 3.05) is 0 Å². The fourth-order valence-electron chi connectivity index (χ4n) is 3.03. The Morgan fingerprint density at radius 3 is 3.06 bits per heavy atom. The van der Waals surface area contributed by atoms with E-state index in [9.17, 15) is 5.26 Å². The molecule has 0 amide bonds. The molecule has 0 radical (unpaired) electrons. The number of hydrogen-bond acceptors (Lipinski definition) is 3. The van der Waals surface area contributed by atoms with Gasteiger partial charge in [0.25, 0.3) is 0 Å². The molecule has 3 unspecified atom stereocenters. The maximum Gasteiger partial charge on any atom is 0.0900 e. The number of hydrogen-bond donors (Lipinski definition) is 0. The quantitative estimate of drug-likeness (QED) is 0.809. The molecule has 88 valence electrons. The van der Waals surface area contributed by atoms with Crippen LogP contribution in [-0.2, 0) is 11.2 Å². The van der Waals surface area contributed by atoms with Crippen molar-refractivity contribution in [2.45, 2.75) is 37.9 Å². The normalized spacial score (nSPS) is 34.8. The molecule has 3 heterocycles. The first-order valence-electron chi connectivity index (χ1n) is 5.89. The summed E-state index contributed by atoms with van der Waals surface area (Å²) in [7, 11) is 0. The first-order valence-corrected chi connectivity index (χ1v) is 6.26. The Morgan fingerprint density at radius 1 is 1.59 bits per heavy atom. The minimum atomic E-state index is -0.381. The Balaban J connectivity index is 1.89. The van der Waals surface area contributed by atoms with E-state index in [4.69, 9.17) is 16.3 Å². The molecule has 17 heavy (non-hydrogen) atoms. The monoisotopic (exact) mass is 248 g/mol. The zero-order valence-corrected chi connectivity index (χ0v) is 10.2. The fraction of sp³-hybridized carbons (Fsp3) is 0.538. The fourth-order valence-corrected chi connectivity index (χ4v) is 3.22. The van der Waals surface area contributed by atoms with Gasteiger partial charge < -0.3 is 4.74 Å². The second-order valence-electron chi connectivity index (χ2n) is 4.94. The predicted molar refractivity (Wildman–Crippen MR) is 63.5 cm³/mol. The Bertz CT molecular complexity index is 485. The Labute approximate surface area is 105 Å². The summed E-state index contributed by atoms with van der Waals surface area (Å²) < 4.78 is 5.81. The average Bonchev–Trinajstić information content (AvgIpc) is 2.93. The highest BCUT2D eigenvalue weighted by molar-refractivity contribution is 6.31. The molecule has 3 atom stereocenters. The van der Waals surface area contributed by atoms with Gasteiger partial charge in [0.2, 0.25) is 0 Å². The van der Waals surface area contributed by atoms with Gasteiger partial charge in [-0.25, -0.2) is 0 Å². The van der Waals surface area contributed by atoms with Crippen LogP contribution in [0.15, 0.2) is 18.5 Å². The van der Waals surface area contributed by atoms with Crippen molar-refractivity contribution in [1.82, 2.24) is 4.98 Å². The summed E-state index contributed by atoms with van der Waals surface area (Å²) in [4.78, 5) is 3.97. The smallest absolute Gasteiger partial charge is 0.0900 e. The van der Waals surface area contributed by atoms with Gasteiger partial charge in [0.1, 0.15) is 0 Å². The van der Waals surface area contributed by atoms with E-state index in [0.29, 0.717) is 11.4 Å². The summed E-state index contributed by atoms with van der Waals surface area (Å²) in [5.74, 6) is 0. The summed E-state index contributed by atoms with van der Waals surface area (Å²) in [6, 6.07) is 4.38. The molecule has 1 aromatic rings.